The van der Waals surface area contributed by atoms with Crippen molar-refractivity contribution in [1.82, 2.24) is 19.7 Å². The molecule has 1 aliphatic heterocycles. The first-order chi connectivity index (χ1) is 12.8. The summed E-state index contributed by atoms with van der Waals surface area (Å²) in [4.78, 5) is 14.5. The van der Waals surface area contributed by atoms with Crippen molar-refractivity contribution in [2.75, 3.05) is 13.7 Å². The number of ether oxygens (including phenoxy) is 1. The minimum absolute atomic E-state index is 0.0343. The van der Waals surface area contributed by atoms with Crippen molar-refractivity contribution in [2.24, 2.45) is 0 Å². The standard InChI is InChI=1S/C17H15F3N4O3/c1-9-14-21-22-16(17(18,19)20)24(14)5-4-23(9)15(25)10-7-12(26-2)11-3-6-27-13(11)8-10/h3,6-9H,4-5H2,1-2H3. The number of halogens is 3. The zero-order valence-corrected chi connectivity index (χ0v) is 14.4. The fourth-order valence-electron chi connectivity index (χ4n) is 3.37. The molecule has 10 heteroatoms. The molecule has 142 valence electrons. The maximum atomic E-state index is 13.0. The minimum atomic E-state index is -4.59. The maximum Gasteiger partial charge on any atom is 0.451 e. The van der Waals surface area contributed by atoms with Gasteiger partial charge in [-0.15, -0.1) is 10.2 Å². The molecule has 0 fully saturated rings. The van der Waals surface area contributed by atoms with Crippen molar-refractivity contribution in [3.8, 4) is 5.75 Å². The number of methoxy groups -OCH3 is 1. The maximum absolute atomic E-state index is 13.0. The molecule has 1 aliphatic rings. The predicted molar refractivity (Wildman–Crippen MR) is 87.2 cm³/mol. The van der Waals surface area contributed by atoms with Crippen LogP contribution in [0, 0.1) is 0 Å². The average molecular weight is 380 g/mol. The van der Waals surface area contributed by atoms with E-state index in [4.69, 9.17) is 9.15 Å². The number of hydrogen-bond acceptors (Lipinski definition) is 5. The van der Waals surface area contributed by atoms with Crippen molar-refractivity contribution in [2.45, 2.75) is 25.7 Å². The average Bonchev–Trinajstić information content (AvgIpc) is 3.27. The van der Waals surface area contributed by atoms with E-state index in [9.17, 15) is 18.0 Å². The fraction of sp³-hybridized carbons (Fsp3) is 0.353. The van der Waals surface area contributed by atoms with Gasteiger partial charge >= 0.3 is 6.18 Å². The van der Waals surface area contributed by atoms with Crippen molar-refractivity contribution >= 4 is 16.9 Å². The molecule has 3 heterocycles. The van der Waals surface area contributed by atoms with E-state index < -0.39 is 18.0 Å². The summed E-state index contributed by atoms with van der Waals surface area (Å²) in [6.07, 6.45) is -3.10. The molecule has 0 radical (unpaired) electrons. The van der Waals surface area contributed by atoms with Gasteiger partial charge in [0.05, 0.1) is 24.8 Å². The van der Waals surface area contributed by atoms with Crippen LogP contribution in [-0.2, 0) is 12.7 Å². The van der Waals surface area contributed by atoms with Gasteiger partial charge in [-0.3, -0.25) is 4.79 Å². The molecule has 3 aromatic rings. The molecule has 1 atom stereocenters. The minimum Gasteiger partial charge on any atom is -0.496 e. The van der Waals surface area contributed by atoms with Gasteiger partial charge in [0.2, 0.25) is 5.82 Å². The largest absolute Gasteiger partial charge is 0.496 e. The predicted octanol–water partition coefficient (Wildman–Crippen LogP) is 3.27. The van der Waals surface area contributed by atoms with Gasteiger partial charge in [-0.05, 0) is 25.1 Å². The van der Waals surface area contributed by atoms with Crippen LogP contribution in [0.25, 0.3) is 11.0 Å². The van der Waals surface area contributed by atoms with E-state index in [0.717, 1.165) is 9.95 Å². The van der Waals surface area contributed by atoms with E-state index in [2.05, 4.69) is 10.2 Å². The molecule has 0 N–H and O–H groups in total. The second kappa shape index (κ2) is 6.00. The molecule has 0 aliphatic carbocycles. The van der Waals surface area contributed by atoms with Gasteiger partial charge in [0.15, 0.2) is 5.82 Å². The lowest BCUT2D eigenvalue weighted by Gasteiger charge is -2.34. The van der Waals surface area contributed by atoms with Crippen LogP contribution < -0.4 is 4.74 Å². The highest BCUT2D eigenvalue weighted by molar-refractivity contribution is 5.99. The summed E-state index contributed by atoms with van der Waals surface area (Å²) in [5.41, 5.74) is 0.815. The number of aromatic nitrogens is 3. The smallest absolute Gasteiger partial charge is 0.451 e. The highest BCUT2D eigenvalue weighted by Crippen LogP contribution is 2.34. The lowest BCUT2D eigenvalue weighted by atomic mass is 10.1. The Morgan fingerprint density at radius 2 is 2.07 bits per heavy atom. The third kappa shape index (κ3) is 2.71. The number of benzene rings is 1. The Balaban J connectivity index is 1.69. The van der Waals surface area contributed by atoms with Crippen molar-refractivity contribution < 1.29 is 27.1 Å². The molecule has 0 bridgehead atoms. The van der Waals surface area contributed by atoms with E-state index in [1.54, 1.807) is 25.1 Å². The molecule has 1 aromatic carbocycles. The van der Waals surface area contributed by atoms with Gasteiger partial charge in [0.25, 0.3) is 5.91 Å². The molecule has 1 amide bonds. The number of furan rings is 1. The molecule has 0 saturated heterocycles. The molecular weight excluding hydrogens is 365 g/mol. The lowest BCUT2D eigenvalue weighted by molar-refractivity contribution is -0.148. The highest BCUT2D eigenvalue weighted by Gasteiger charge is 2.41. The summed E-state index contributed by atoms with van der Waals surface area (Å²) in [5, 5.41) is 7.66. The number of rotatable bonds is 2. The summed E-state index contributed by atoms with van der Waals surface area (Å²) in [6, 6.07) is 4.25. The summed E-state index contributed by atoms with van der Waals surface area (Å²) in [7, 11) is 1.49. The number of amides is 1. The summed E-state index contributed by atoms with van der Waals surface area (Å²) < 4.78 is 50.8. The molecule has 0 saturated carbocycles. The zero-order chi connectivity index (χ0) is 19.3. The normalized spacial score (nSPS) is 17.2. The lowest BCUT2D eigenvalue weighted by Crippen LogP contribution is -2.42. The van der Waals surface area contributed by atoms with Gasteiger partial charge < -0.3 is 18.6 Å². The Hall–Kier alpha value is -3.04. The SMILES string of the molecule is COc1cc(C(=O)N2CCn3c(nnc3C(F)(F)F)C2C)cc2occc12. The van der Waals surface area contributed by atoms with Crippen LogP contribution in [0.4, 0.5) is 13.2 Å². The number of carbonyl (C=O) groups is 1. The van der Waals surface area contributed by atoms with Crippen molar-refractivity contribution in [3.05, 3.63) is 41.7 Å². The molecule has 1 unspecified atom stereocenters. The van der Waals surface area contributed by atoms with Crippen LogP contribution >= 0.6 is 0 Å². The Kier molecular flexibility index (Phi) is 3.86. The second-order valence-corrected chi connectivity index (χ2v) is 6.22. The van der Waals surface area contributed by atoms with Gasteiger partial charge in [0.1, 0.15) is 11.3 Å². The third-order valence-corrected chi connectivity index (χ3v) is 4.70. The van der Waals surface area contributed by atoms with E-state index in [1.165, 1.54) is 18.3 Å². The third-order valence-electron chi connectivity index (χ3n) is 4.70. The molecule has 2 aromatic heterocycles. The fourth-order valence-corrected chi connectivity index (χ4v) is 3.37. The van der Waals surface area contributed by atoms with E-state index >= 15 is 0 Å². The zero-order valence-electron chi connectivity index (χ0n) is 14.4. The number of alkyl halides is 3. The van der Waals surface area contributed by atoms with Gasteiger partial charge in [-0.1, -0.05) is 0 Å². The van der Waals surface area contributed by atoms with Crippen LogP contribution in [0.3, 0.4) is 0 Å². The molecule has 27 heavy (non-hydrogen) atoms. The summed E-state index contributed by atoms with van der Waals surface area (Å²) in [5.74, 6) is -0.804. The van der Waals surface area contributed by atoms with Gasteiger partial charge in [-0.2, -0.15) is 13.2 Å². The molecular formula is C17H15F3N4O3. The Morgan fingerprint density at radius 3 is 2.78 bits per heavy atom. The monoisotopic (exact) mass is 380 g/mol. The van der Waals surface area contributed by atoms with E-state index in [0.29, 0.717) is 16.9 Å². The number of carbonyl (C=O) groups excluding carboxylic acids is 1. The highest BCUT2D eigenvalue weighted by atomic mass is 19.4. The first-order valence-electron chi connectivity index (χ1n) is 8.17. The van der Waals surface area contributed by atoms with Crippen molar-refractivity contribution in [1.29, 1.82) is 0 Å². The van der Waals surface area contributed by atoms with E-state index in [-0.39, 0.29) is 24.8 Å². The Labute approximate surface area is 151 Å². The topological polar surface area (TPSA) is 73.4 Å². The van der Waals surface area contributed by atoms with Crippen LogP contribution in [0.1, 0.15) is 35.0 Å². The number of fused-ring (bicyclic) bond motifs is 2. The first-order valence-corrected chi connectivity index (χ1v) is 8.17. The van der Waals surface area contributed by atoms with Gasteiger partial charge in [0, 0.05) is 18.7 Å². The Morgan fingerprint density at radius 1 is 1.30 bits per heavy atom. The van der Waals surface area contributed by atoms with Gasteiger partial charge in [-0.25, -0.2) is 0 Å². The Bertz CT molecular complexity index is 1020. The van der Waals surface area contributed by atoms with Crippen LogP contribution in [0.15, 0.2) is 28.9 Å². The van der Waals surface area contributed by atoms with Crippen LogP contribution in [-0.4, -0.2) is 39.2 Å². The molecule has 0 spiro atoms. The molecule has 7 nitrogen and oxygen atoms in total. The van der Waals surface area contributed by atoms with E-state index in [1.807, 2.05) is 0 Å². The number of hydrogen-bond donors (Lipinski definition) is 0. The number of nitrogens with zero attached hydrogens (tertiary/aromatic N) is 4. The summed E-state index contributed by atoms with van der Waals surface area (Å²) in [6.45, 7) is 1.69. The quantitative estimate of drug-likeness (QED) is 0.682. The molecule has 4 rings (SSSR count). The second-order valence-electron chi connectivity index (χ2n) is 6.22. The first kappa shape index (κ1) is 17.4. The van der Waals surface area contributed by atoms with Crippen molar-refractivity contribution in [3.63, 3.8) is 0 Å². The summed E-state index contributed by atoms with van der Waals surface area (Å²) >= 11 is 0. The van der Waals surface area contributed by atoms with Crippen LogP contribution in [0.2, 0.25) is 0 Å². The van der Waals surface area contributed by atoms with Crippen LogP contribution in [0.5, 0.6) is 5.75 Å².